The Kier molecular flexibility index (Phi) is 6.23. The zero-order valence-electron chi connectivity index (χ0n) is 15.6. The lowest BCUT2D eigenvalue weighted by atomic mass is 10.2. The largest absolute Gasteiger partial charge is 0.493 e. The molecule has 154 valence electrons. The maximum absolute atomic E-state index is 10.8. The maximum Gasteiger partial charge on any atom is 0.371 e. The van der Waals surface area contributed by atoms with Crippen molar-refractivity contribution in [1.82, 2.24) is 4.98 Å². The SMILES string of the molecule is COc1cc(/C=N\Nc2ccc([N+](=O)[O-])cn2)ccc1OCc1ccc(C(=O)O)o1. The minimum atomic E-state index is -1.15. The second-order valence-corrected chi connectivity index (χ2v) is 5.80. The Hall–Kier alpha value is -4.41. The Balaban J connectivity index is 1.62. The van der Waals surface area contributed by atoms with Gasteiger partial charge in [0.05, 0.1) is 18.2 Å². The molecule has 0 saturated carbocycles. The third kappa shape index (κ3) is 5.10. The van der Waals surface area contributed by atoms with Crippen LogP contribution in [0.5, 0.6) is 11.5 Å². The topological polar surface area (TPSA) is 149 Å². The molecule has 0 bridgehead atoms. The number of pyridine rings is 1. The van der Waals surface area contributed by atoms with Gasteiger partial charge in [0.2, 0.25) is 5.76 Å². The van der Waals surface area contributed by atoms with Crippen LogP contribution in [0.25, 0.3) is 0 Å². The van der Waals surface area contributed by atoms with Crippen LogP contribution in [0, 0.1) is 10.1 Å². The van der Waals surface area contributed by atoms with E-state index in [1.807, 2.05) is 0 Å². The molecule has 0 amide bonds. The van der Waals surface area contributed by atoms with Gasteiger partial charge in [-0.05, 0) is 42.0 Å². The van der Waals surface area contributed by atoms with E-state index in [0.717, 1.165) is 6.20 Å². The standard InChI is InChI=1S/C19H16N4O7/c1-28-17-8-12(9-21-22-18-7-3-13(10-20-18)23(26)27)2-5-15(17)29-11-14-4-6-16(30-14)19(24)25/h2-10H,11H2,1H3,(H,20,22)(H,24,25)/b21-9-. The summed E-state index contributed by atoms with van der Waals surface area (Å²) in [4.78, 5) is 24.8. The fourth-order valence-electron chi connectivity index (χ4n) is 2.34. The minimum absolute atomic E-state index is 0.0322. The first kappa shape index (κ1) is 20.3. The normalized spacial score (nSPS) is 10.7. The summed E-state index contributed by atoms with van der Waals surface area (Å²) in [6.07, 6.45) is 2.65. The summed E-state index contributed by atoms with van der Waals surface area (Å²) in [5, 5.41) is 23.5. The van der Waals surface area contributed by atoms with E-state index in [1.54, 1.807) is 18.2 Å². The monoisotopic (exact) mass is 412 g/mol. The Morgan fingerprint density at radius 3 is 2.77 bits per heavy atom. The van der Waals surface area contributed by atoms with E-state index in [2.05, 4.69) is 15.5 Å². The molecular formula is C19H16N4O7. The van der Waals surface area contributed by atoms with Crippen LogP contribution in [-0.4, -0.2) is 34.3 Å². The molecule has 0 spiro atoms. The lowest BCUT2D eigenvalue weighted by Gasteiger charge is -2.10. The van der Waals surface area contributed by atoms with Gasteiger partial charge in [0.15, 0.2) is 11.5 Å². The first-order valence-electron chi connectivity index (χ1n) is 8.48. The molecule has 1 aromatic carbocycles. The molecule has 2 heterocycles. The number of carbonyl (C=O) groups is 1. The molecule has 11 nitrogen and oxygen atoms in total. The second-order valence-electron chi connectivity index (χ2n) is 5.80. The van der Waals surface area contributed by atoms with Crippen molar-refractivity contribution < 1.29 is 28.7 Å². The number of aromatic carboxylic acids is 1. The van der Waals surface area contributed by atoms with Gasteiger partial charge < -0.3 is 19.0 Å². The molecule has 2 N–H and O–H groups in total. The quantitative estimate of drug-likeness (QED) is 0.306. The molecule has 0 aliphatic heterocycles. The number of methoxy groups -OCH3 is 1. The van der Waals surface area contributed by atoms with Gasteiger partial charge in [-0.1, -0.05) is 0 Å². The minimum Gasteiger partial charge on any atom is -0.493 e. The van der Waals surface area contributed by atoms with Crippen LogP contribution < -0.4 is 14.9 Å². The van der Waals surface area contributed by atoms with Crippen LogP contribution in [0.2, 0.25) is 0 Å². The van der Waals surface area contributed by atoms with Crippen molar-refractivity contribution in [1.29, 1.82) is 0 Å². The number of aromatic nitrogens is 1. The fraction of sp³-hybridized carbons (Fsp3) is 0.105. The van der Waals surface area contributed by atoms with E-state index in [-0.39, 0.29) is 18.1 Å². The molecule has 0 radical (unpaired) electrons. The molecule has 0 unspecified atom stereocenters. The number of hydrogen-bond donors (Lipinski definition) is 2. The maximum atomic E-state index is 10.8. The summed E-state index contributed by atoms with van der Waals surface area (Å²) >= 11 is 0. The summed E-state index contributed by atoms with van der Waals surface area (Å²) in [7, 11) is 1.48. The number of rotatable bonds is 9. The Morgan fingerprint density at radius 2 is 2.13 bits per heavy atom. The number of carboxylic acid groups (broad SMARTS) is 1. The number of anilines is 1. The van der Waals surface area contributed by atoms with E-state index >= 15 is 0 Å². The highest BCUT2D eigenvalue weighted by molar-refractivity contribution is 5.84. The van der Waals surface area contributed by atoms with Gasteiger partial charge in [-0.3, -0.25) is 15.5 Å². The smallest absolute Gasteiger partial charge is 0.371 e. The van der Waals surface area contributed by atoms with Gasteiger partial charge in [-0.15, -0.1) is 0 Å². The molecule has 0 atom stereocenters. The fourth-order valence-corrected chi connectivity index (χ4v) is 2.34. The van der Waals surface area contributed by atoms with Crippen LogP contribution in [-0.2, 0) is 6.61 Å². The molecule has 11 heteroatoms. The van der Waals surface area contributed by atoms with E-state index in [1.165, 1.54) is 37.6 Å². The molecule has 3 rings (SSSR count). The Labute approximate surface area is 169 Å². The summed E-state index contributed by atoms with van der Waals surface area (Å²) in [5.41, 5.74) is 3.25. The number of benzene rings is 1. The average molecular weight is 412 g/mol. The number of furan rings is 1. The van der Waals surface area contributed by atoms with Gasteiger partial charge in [0.25, 0.3) is 5.69 Å². The third-order valence-electron chi connectivity index (χ3n) is 3.78. The average Bonchev–Trinajstić information content (AvgIpc) is 3.22. The molecule has 2 aromatic heterocycles. The van der Waals surface area contributed by atoms with Gasteiger partial charge in [-0.2, -0.15) is 5.10 Å². The molecule has 0 saturated heterocycles. The third-order valence-corrected chi connectivity index (χ3v) is 3.78. The van der Waals surface area contributed by atoms with E-state index < -0.39 is 10.9 Å². The summed E-state index contributed by atoms with van der Waals surface area (Å²) < 4.78 is 16.1. The van der Waals surface area contributed by atoms with E-state index in [9.17, 15) is 14.9 Å². The van der Waals surface area contributed by atoms with Crippen LogP contribution in [0.15, 0.2) is 58.2 Å². The van der Waals surface area contributed by atoms with Crippen LogP contribution >= 0.6 is 0 Å². The summed E-state index contributed by atoms with van der Waals surface area (Å²) in [6, 6.07) is 10.7. The van der Waals surface area contributed by atoms with Crippen LogP contribution in [0.3, 0.4) is 0 Å². The Morgan fingerprint density at radius 1 is 1.30 bits per heavy atom. The zero-order valence-corrected chi connectivity index (χ0v) is 15.6. The van der Waals surface area contributed by atoms with Gasteiger partial charge in [0, 0.05) is 6.07 Å². The van der Waals surface area contributed by atoms with Crippen molar-refractivity contribution in [2.75, 3.05) is 12.5 Å². The molecule has 0 fully saturated rings. The van der Waals surface area contributed by atoms with Crippen LogP contribution in [0.4, 0.5) is 11.5 Å². The van der Waals surface area contributed by atoms with Crippen molar-refractivity contribution in [3.8, 4) is 11.5 Å². The van der Waals surface area contributed by atoms with Crippen molar-refractivity contribution in [2.24, 2.45) is 5.10 Å². The predicted octanol–water partition coefficient (Wildman–Crippen LogP) is 3.31. The second kappa shape index (κ2) is 9.19. The number of carboxylic acids is 1. The summed E-state index contributed by atoms with van der Waals surface area (Å²) in [6.45, 7) is 0.0322. The molecular weight excluding hydrogens is 396 g/mol. The lowest BCUT2D eigenvalue weighted by Crippen LogP contribution is -1.98. The van der Waals surface area contributed by atoms with Crippen molar-refractivity contribution >= 4 is 23.7 Å². The molecule has 3 aromatic rings. The summed E-state index contributed by atoms with van der Waals surface area (Å²) in [5.74, 6) is 0.273. The highest BCUT2D eigenvalue weighted by Crippen LogP contribution is 2.28. The van der Waals surface area contributed by atoms with Crippen LogP contribution in [0.1, 0.15) is 21.9 Å². The van der Waals surface area contributed by atoms with E-state index in [0.29, 0.717) is 28.6 Å². The predicted molar refractivity (Wildman–Crippen MR) is 105 cm³/mol. The number of hydrogen-bond acceptors (Lipinski definition) is 9. The van der Waals surface area contributed by atoms with Crippen molar-refractivity contribution in [3.63, 3.8) is 0 Å². The number of nitro groups is 1. The number of hydrazone groups is 1. The highest BCUT2D eigenvalue weighted by Gasteiger charge is 2.11. The first-order valence-corrected chi connectivity index (χ1v) is 8.48. The van der Waals surface area contributed by atoms with Gasteiger partial charge in [-0.25, -0.2) is 9.78 Å². The van der Waals surface area contributed by atoms with Gasteiger partial charge in [0.1, 0.15) is 24.4 Å². The molecule has 0 aliphatic carbocycles. The van der Waals surface area contributed by atoms with Crippen molar-refractivity contribution in [2.45, 2.75) is 6.61 Å². The first-order chi connectivity index (χ1) is 14.5. The lowest BCUT2D eigenvalue weighted by molar-refractivity contribution is -0.385. The molecule has 0 aliphatic rings. The molecule has 30 heavy (non-hydrogen) atoms. The number of nitrogens with zero attached hydrogens (tertiary/aromatic N) is 3. The van der Waals surface area contributed by atoms with Gasteiger partial charge >= 0.3 is 5.97 Å². The van der Waals surface area contributed by atoms with E-state index in [4.69, 9.17) is 19.0 Å². The Bertz CT molecular complexity index is 1080. The number of ether oxygens (including phenoxy) is 2. The number of nitrogens with one attached hydrogen (secondary N) is 1. The highest BCUT2D eigenvalue weighted by atomic mass is 16.6. The van der Waals surface area contributed by atoms with Crippen molar-refractivity contribution in [3.05, 3.63) is 75.9 Å². The zero-order chi connectivity index (χ0) is 21.5.